The first-order chi connectivity index (χ1) is 51.6. The molecule has 5 heteroatoms. The minimum atomic E-state index is 0.0757. The second-order valence-corrected chi connectivity index (χ2v) is 32.5. The van der Waals surface area contributed by atoms with E-state index in [2.05, 4.69) is 125 Å². The van der Waals surface area contributed by atoms with Crippen LogP contribution in [0.1, 0.15) is 493 Å². The van der Waals surface area contributed by atoms with Crippen LogP contribution in [-0.2, 0) is 38.5 Å². The molecule has 596 valence electrons. The fourth-order valence-electron chi connectivity index (χ4n) is 14.6. The van der Waals surface area contributed by atoms with Gasteiger partial charge in [-0.25, -0.2) is 4.70 Å². The summed E-state index contributed by atoms with van der Waals surface area (Å²) < 4.78 is 12.0. The van der Waals surface area contributed by atoms with Crippen LogP contribution in [0.25, 0.3) is 16.9 Å². The fraction of sp³-hybridized carbons (Fsp3) is 0.778. The maximum absolute atomic E-state index is 12.4. The van der Waals surface area contributed by atoms with Crippen molar-refractivity contribution in [2.24, 2.45) is 0 Å². The van der Waals surface area contributed by atoms with Gasteiger partial charge in [-0.1, -0.05) is 416 Å². The zero-order valence-electron chi connectivity index (χ0n) is 69.6. The van der Waals surface area contributed by atoms with Crippen molar-refractivity contribution >= 4 is 11.4 Å². The summed E-state index contributed by atoms with van der Waals surface area (Å²) in [6.07, 6.45) is 95.6. The van der Waals surface area contributed by atoms with E-state index >= 15 is 0 Å². The minimum absolute atomic E-state index is 0.0757. The number of benzene rings is 2. The van der Waals surface area contributed by atoms with Crippen LogP contribution in [0.5, 0.6) is 0 Å². The van der Waals surface area contributed by atoms with Crippen LogP contribution in [0.4, 0.5) is 0 Å². The zero-order chi connectivity index (χ0) is 74.3. The molecule has 0 atom stereocenters. The van der Waals surface area contributed by atoms with Crippen molar-refractivity contribution in [2.45, 2.75) is 484 Å². The number of hydrogen-bond donors (Lipinski definition) is 0. The van der Waals surface area contributed by atoms with Gasteiger partial charge in [0.15, 0.2) is 0 Å². The Kier molecular flexibility index (Phi) is 73.9. The Hall–Kier alpha value is -3.22. The van der Waals surface area contributed by atoms with E-state index in [9.17, 15) is 5.53 Å². The average molecular weight is 1520 g/mol. The Bertz CT molecular complexity index is 2460. The van der Waals surface area contributed by atoms with Crippen molar-refractivity contribution in [3.63, 3.8) is 0 Å². The molecule has 4 nitrogen and oxygen atoms in total. The summed E-state index contributed by atoms with van der Waals surface area (Å²) in [5.41, 5.74) is 19.6. The monoisotopic (exact) mass is 1520 g/mol. The summed E-state index contributed by atoms with van der Waals surface area (Å²) in [6, 6.07) is 17.4. The van der Waals surface area contributed by atoms with Gasteiger partial charge in [-0.15, -0.1) is 23.7 Å². The third-order valence-electron chi connectivity index (χ3n) is 21.4. The molecule has 0 spiro atoms. The van der Waals surface area contributed by atoms with Crippen molar-refractivity contribution in [3.8, 4) is 35.5 Å². The van der Waals surface area contributed by atoms with Crippen LogP contribution in [0.2, 0.25) is 0 Å². The SMILES string of the molecule is CCCCCCCCCCCCCCCCCCCC#CCCCc1ccccc1C1=CC(C#CCCCCCCCCCCCCCCCCCCCCCCCCC)=C(c2ccccc2CCCC#CCCCCCCCCCCCCCCCCCCC)[N+]1=[N-].CCCC[O][Pd][O]CCCC. The standard InChI is InChI=1S/C91H150N2.2C4H9O.Pd/c1-4-7-10-13-16-19-22-25-28-31-34-37-40-41-42-45-48-51-54-57-60-63-66-69-72-81-87-84-90(88-82-75-73-79-85(88)77-70-67-64-61-58-55-52-49-46-43-38-35-32-29-26-23-20-17-14-11-8-5-2)93(92)91(87)89-83-76-74-80-86(89)78-71-68-65-62-59-56-53-50-47-44-39-36-33-30-27-24-21-18-15-12-9-6-3;2*1-2-3-4-5;/h73-76,79-80,82-84H,4-60,63,66-71,77-78H2,1-3H3;2*2-4H2,1H3;/q;2*-1;+2. The molecule has 1 aliphatic rings. The van der Waals surface area contributed by atoms with Gasteiger partial charge in [0.25, 0.3) is 0 Å². The maximum atomic E-state index is 12.4. The quantitative estimate of drug-likeness (QED) is 0.0287. The molecule has 0 radical (unpaired) electrons. The second kappa shape index (κ2) is 79.3. The molecule has 0 aliphatic carbocycles. The summed E-state index contributed by atoms with van der Waals surface area (Å²) in [5, 5.41) is 0. The van der Waals surface area contributed by atoms with Gasteiger partial charge >= 0.3 is 78.4 Å². The van der Waals surface area contributed by atoms with Gasteiger partial charge in [0, 0.05) is 43.7 Å². The van der Waals surface area contributed by atoms with E-state index in [0.717, 1.165) is 118 Å². The van der Waals surface area contributed by atoms with Gasteiger partial charge in [-0.3, -0.25) is 0 Å². The molecule has 0 saturated heterocycles. The summed E-state index contributed by atoms with van der Waals surface area (Å²) >= 11 is 0.0757. The molecule has 1 aliphatic heterocycles. The van der Waals surface area contributed by atoms with Crippen LogP contribution in [0.3, 0.4) is 0 Å². The first-order valence-corrected chi connectivity index (χ1v) is 47.2. The van der Waals surface area contributed by atoms with Gasteiger partial charge in [0.1, 0.15) is 5.57 Å². The number of nitrogens with zero attached hydrogens (tertiary/aromatic N) is 2. The van der Waals surface area contributed by atoms with Crippen molar-refractivity contribution in [2.75, 3.05) is 13.2 Å². The molecule has 0 amide bonds. The van der Waals surface area contributed by atoms with Gasteiger partial charge in [0.2, 0.25) is 11.4 Å². The van der Waals surface area contributed by atoms with Crippen molar-refractivity contribution in [1.82, 2.24) is 0 Å². The molecular weight excluding hydrogens is 1360 g/mol. The Morgan fingerprint density at radius 1 is 0.279 bits per heavy atom. The molecule has 0 N–H and O–H groups in total. The van der Waals surface area contributed by atoms with Gasteiger partial charge in [-0.2, -0.15) is 0 Å². The molecule has 0 aromatic heterocycles. The van der Waals surface area contributed by atoms with E-state index in [-0.39, 0.29) is 18.7 Å². The molecule has 3 rings (SSSR count). The summed E-state index contributed by atoms with van der Waals surface area (Å²) in [7, 11) is 0. The fourth-order valence-corrected chi connectivity index (χ4v) is 15.4. The first-order valence-electron chi connectivity index (χ1n) is 46.0. The molecule has 2 aromatic carbocycles. The van der Waals surface area contributed by atoms with Crippen molar-refractivity contribution in [1.29, 1.82) is 0 Å². The van der Waals surface area contributed by atoms with E-state index in [4.69, 9.17) is 6.92 Å². The van der Waals surface area contributed by atoms with E-state index in [1.54, 1.807) is 0 Å². The zero-order valence-corrected chi connectivity index (χ0v) is 71.2. The summed E-state index contributed by atoms with van der Waals surface area (Å²) in [6.45, 7) is 13.0. The summed E-state index contributed by atoms with van der Waals surface area (Å²) in [4.78, 5) is 0. The molecular formula is C99H168N2O2Pd. The molecule has 104 heavy (non-hydrogen) atoms. The van der Waals surface area contributed by atoms with Crippen LogP contribution >= 0.6 is 0 Å². The predicted octanol–water partition coefficient (Wildman–Crippen LogP) is 33.1. The number of hydrogen-bond acceptors (Lipinski definition) is 2. The molecule has 1 heterocycles. The Morgan fingerprint density at radius 2 is 0.519 bits per heavy atom. The van der Waals surface area contributed by atoms with Gasteiger partial charge < -0.3 is 5.53 Å². The van der Waals surface area contributed by atoms with E-state index in [0.29, 0.717) is 0 Å². The van der Waals surface area contributed by atoms with Gasteiger partial charge in [-0.05, 0) is 68.2 Å². The van der Waals surface area contributed by atoms with Crippen LogP contribution in [-0.4, -0.2) is 17.9 Å². The Balaban J connectivity index is 0.00000306. The first kappa shape index (κ1) is 96.9. The Labute approximate surface area is 658 Å². The van der Waals surface area contributed by atoms with Crippen LogP contribution in [0.15, 0.2) is 60.2 Å². The third-order valence-corrected chi connectivity index (χ3v) is 22.4. The number of rotatable bonds is 73. The molecule has 0 saturated carbocycles. The van der Waals surface area contributed by atoms with Crippen molar-refractivity contribution < 1.29 is 30.3 Å². The summed E-state index contributed by atoms with van der Waals surface area (Å²) in [5.74, 6) is 21.3. The molecule has 0 fully saturated rings. The topological polar surface area (TPSA) is 43.8 Å². The third kappa shape index (κ3) is 59.7. The molecule has 2 aromatic rings. The van der Waals surface area contributed by atoms with E-state index in [1.165, 1.54) is 388 Å². The van der Waals surface area contributed by atoms with Crippen LogP contribution < -0.4 is 0 Å². The number of aryl methyl sites for hydroxylation is 2. The average Bonchev–Trinajstić information content (AvgIpc) is 1.62. The van der Waals surface area contributed by atoms with Crippen molar-refractivity contribution in [3.05, 3.63) is 88.0 Å². The van der Waals surface area contributed by atoms with E-state index in [1.807, 2.05) is 0 Å². The predicted molar refractivity (Wildman–Crippen MR) is 456 cm³/mol. The molecule has 0 unspecified atom stereocenters. The van der Waals surface area contributed by atoms with Gasteiger partial charge in [0.05, 0.1) is 5.56 Å². The normalized spacial score (nSPS) is 11.9. The second-order valence-electron chi connectivity index (χ2n) is 31.3. The molecule has 0 bridgehead atoms. The van der Waals surface area contributed by atoms with Crippen LogP contribution in [0, 0.1) is 35.5 Å². The Morgan fingerprint density at radius 3 is 0.817 bits per heavy atom. The number of allylic oxidation sites excluding steroid dienone is 2. The van der Waals surface area contributed by atoms with E-state index < -0.39 is 0 Å². The number of unbranched alkanes of at least 4 members (excludes halogenated alkanes) is 61.